The summed E-state index contributed by atoms with van der Waals surface area (Å²) in [6.45, 7) is -1.19. The van der Waals surface area contributed by atoms with E-state index in [2.05, 4.69) is 4.98 Å². The zero-order valence-corrected chi connectivity index (χ0v) is 17.4. The Morgan fingerprint density at radius 1 is 1.03 bits per heavy atom. The van der Waals surface area contributed by atoms with E-state index in [0.717, 1.165) is 18.2 Å². The van der Waals surface area contributed by atoms with Crippen molar-refractivity contribution in [3.63, 3.8) is 0 Å². The molecule has 0 aliphatic carbocycles. The number of aromatic nitrogens is 1. The van der Waals surface area contributed by atoms with Crippen molar-refractivity contribution >= 4 is 11.6 Å². The smallest absolute Gasteiger partial charge is 0.416 e. The molecule has 0 aliphatic rings. The first-order valence-corrected chi connectivity index (χ1v) is 9.66. The molecule has 1 atom stereocenters. The minimum absolute atomic E-state index is 0.324. The maximum absolute atomic E-state index is 14.7. The van der Waals surface area contributed by atoms with Crippen LogP contribution in [0, 0.1) is 0 Å². The second kappa shape index (κ2) is 9.40. The highest BCUT2D eigenvalue weighted by Gasteiger charge is 2.38. The standard InChI is InChI=1S/C22H18ClF5N2O2/c1-32-15-8-6-13(7-9-15)14-10-18(23)19(29-11-14)21(24,25)12-30-20(31)16-4-2-3-5-17(16)22(26,27)28/h2-11,20,30-31H,12H2,1H3. The molecule has 0 aliphatic heterocycles. The van der Waals surface area contributed by atoms with E-state index in [-0.39, 0.29) is 5.02 Å². The number of nitrogens with one attached hydrogen (secondary N) is 1. The number of benzene rings is 2. The van der Waals surface area contributed by atoms with Gasteiger partial charge in [-0.25, -0.2) is 0 Å². The van der Waals surface area contributed by atoms with Crippen molar-refractivity contribution in [2.75, 3.05) is 13.7 Å². The molecule has 1 heterocycles. The van der Waals surface area contributed by atoms with Crippen LogP contribution in [0.1, 0.15) is 23.0 Å². The quantitative estimate of drug-likeness (QED) is 0.337. The Balaban J connectivity index is 1.77. The Morgan fingerprint density at radius 2 is 1.69 bits per heavy atom. The maximum atomic E-state index is 14.7. The van der Waals surface area contributed by atoms with Crippen molar-refractivity contribution < 1.29 is 31.8 Å². The number of pyridine rings is 1. The van der Waals surface area contributed by atoms with E-state index in [4.69, 9.17) is 16.3 Å². The predicted molar refractivity (Wildman–Crippen MR) is 110 cm³/mol. The summed E-state index contributed by atoms with van der Waals surface area (Å²) >= 11 is 6.03. The Labute approximate surface area is 185 Å². The molecule has 0 spiro atoms. The molecule has 0 saturated heterocycles. The van der Waals surface area contributed by atoms with Gasteiger partial charge in [0.05, 0.1) is 24.2 Å². The van der Waals surface area contributed by atoms with Crippen molar-refractivity contribution in [2.24, 2.45) is 0 Å². The van der Waals surface area contributed by atoms with Gasteiger partial charge in [-0.1, -0.05) is 41.9 Å². The fourth-order valence-corrected chi connectivity index (χ4v) is 3.37. The van der Waals surface area contributed by atoms with E-state index in [1.165, 1.54) is 25.4 Å². The van der Waals surface area contributed by atoms with Crippen molar-refractivity contribution in [1.82, 2.24) is 10.3 Å². The van der Waals surface area contributed by atoms with Crippen LogP contribution in [0.4, 0.5) is 22.0 Å². The van der Waals surface area contributed by atoms with Gasteiger partial charge in [0, 0.05) is 17.3 Å². The minimum atomic E-state index is -4.75. The number of ether oxygens (including phenoxy) is 1. The zero-order valence-electron chi connectivity index (χ0n) is 16.6. The number of methoxy groups -OCH3 is 1. The third-order valence-electron chi connectivity index (χ3n) is 4.69. The second-order valence-electron chi connectivity index (χ2n) is 6.86. The Hall–Kier alpha value is -2.75. The fourth-order valence-electron chi connectivity index (χ4n) is 3.06. The van der Waals surface area contributed by atoms with E-state index in [1.807, 2.05) is 5.32 Å². The summed E-state index contributed by atoms with van der Waals surface area (Å²) < 4.78 is 73.8. The molecule has 0 radical (unpaired) electrons. The number of halogens is 6. The first-order valence-electron chi connectivity index (χ1n) is 9.29. The van der Waals surface area contributed by atoms with Gasteiger partial charge in [0.2, 0.25) is 0 Å². The normalized spacial score (nSPS) is 13.1. The molecule has 0 amide bonds. The Bertz CT molecular complexity index is 1070. The van der Waals surface area contributed by atoms with Crippen LogP contribution in [0.2, 0.25) is 5.02 Å². The molecule has 2 aromatic carbocycles. The summed E-state index contributed by atoms with van der Waals surface area (Å²) in [7, 11) is 1.51. The summed E-state index contributed by atoms with van der Waals surface area (Å²) in [6, 6.07) is 12.3. The van der Waals surface area contributed by atoms with Crippen LogP contribution < -0.4 is 10.1 Å². The number of nitrogens with zero attached hydrogens (tertiary/aromatic N) is 1. The predicted octanol–water partition coefficient (Wildman–Crippen LogP) is 5.80. The van der Waals surface area contributed by atoms with Gasteiger partial charge >= 0.3 is 12.1 Å². The second-order valence-corrected chi connectivity index (χ2v) is 7.26. The SMILES string of the molecule is COc1ccc(-c2cnc(C(F)(F)CNC(O)c3ccccc3C(F)(F)F)c(Cl)c2)cc1. The van der Waals surface area contributed by atoms with Crippen molar-refractivity contribution in [1.29, 1.82) is 0 Å². The highest BCUT2D eigenvalue weighted by molar-refractivity contribution is 6.31. The molecule has 10 heteroatoms. The van der Waals surface area contributed by atoms with Gasteiger partial charge in [-0.05, 0) is 29.8 Å². The van der Waals surface area contributed by atoms with Gasteiger partial charge in [0.25, 0.3) is 0 Å². The van der Waals surface area contributed by atoms with Crippen LogP contribution >= 0.6 is 11.6 Å². The van der Waals surface area contributed by atoms with Crippen LogP contribution in [-0.4, -0.2) is 23.7 Å². The van der Waals surface area contributed by atoms with Gasteiger partial charge in [0.15, 0.2) is 0 Å². The molecule has 32 heavy (non-hydrogen) atoms. The number of aliphatic hydroxyl groups excluding tert-OH is 1. The lowest BCUT2D eigenvalue weighted by Gasteiger charge is -2.22. The first-order chi connectivity index (χ1) is 15.0. The van der Waals surface area contributed by atoms with E-state index in [0.29, 0.717) is 16.9 Å². The lowest BCUT2D eigenvalue weighted by Crippen LogP contribution is -2.35. The van der Waals surface area contributed by atoms with Gasteiger partial charge in [-0.15, -0.1) is 0 Å². The van der Waals surface area contributed by atoms with Crippen LogP contribution in [0.25, 0.3) is 11.1 Å². The van der Waals surface area contributed by atoms with E-state index >= 15 is 0 Å². The van der Waals surface area contributed by atoms with E-state index < -0.39 is 41.7 Å². The third-order valence-corrected chi connectivity index (χ3v) is 4.98. The molecular formula is C22H18ClF5N2O2. The number of hydrogen-bond donors (Lipinski definition) is 2. The molecule has 3 rings (SSSR count). The molecule has 1 aromatic heterocycles. The van der Waals surface area contributed by atoms with Crippen LogP contribution in [0.3, 0.4) is 0 Å². The van der Waals surface area contributed by atoms with E-state index in [9.17, 15) is 27.1 Å². The average molecular weight is 473 g/mol. The summed E-state index contributed by atoms with van der Waals surface area (Å²) in [4.78, 5) is 3.76. The number of rotatable bonds is 7. The molecule has 0 bridgehead atoms. The number of aliphatic hydroxyl groups is 1. The lowest BCUT2D eigenvalue weighted by molar-refractivity contribution is -0.139. The van der Waals surface area contributed by atoms with E-state index in [1.54, 1.807) is 24.3 Å². The lowest BCUT2D eigenvalue weighted by atomic mass is 10.0. The maximum Gasteiger partial charge on any atom is 0.416 e. The summed E-state index contributed by atoms with van der Waals surface area (Å²) in [5.41, 5.74) is -1.29. The summed E-state index contributed by atoms with van der Waals surface area (Å²) in [5.74, 6) is -3.04. The van der Waals surface area contributed by atoms with Crippen molar-refractivity contribution in [2.45, 2.75) is 18.3 Å². The largest absolute Gasteiger partial charge is 0.497 e. The Morgan fingerprint density at radius 3 is 2.28 bits per heavy atom. The molecule has 0 fully saturated rings. The minimum Gasteiger partial charge on any atom is -0.497 e. The van der Waals surface area contributed by atoms with Crippen molar-refractivity contribution in [3.05, 3.63) is 82.6 Å². The number of hydrogen-bond acceptors (Lipinski definition) is 4. The zero-order chi connectivity index (χ0) is 23.5. The molecule has 1 unspecified atom stereocenters. The van der Waals surface area contributed by atoms with Gasteiger partial charge in [-0.3, -0.25) is 10.3 Å². The number of alkyl halides is 5. The topological polar surface area (TPSA) is 54.4 Å². The fraction of sp³-hybridized carbons (Fsp3) is 0.227. The summed E-state index contributed by atoms with van der Waals surface area (Å²) in [6.07, 6.45) is -5.51. The monoisotopic (exact) mass is 472 g/mol. The summed E-state index contributed by atoms with van der Waals surface area (Å²) in [5, 5.41) is 11.8. The van der Waals surface area contributed by atoms with Crippen LogP contribution in [-0.2, 0) is 12.1 Å². The molecule has 4 nitrogen and oxygen atoms in total. The van der Waals surface area contributed by atoms with Crippen LogP contribution in [0.5, 0.6) is 5.75 Å². The van der Waals surface area contributed by atoms with Crippen molar-refractivity contribution in [3.8, 4) is 16.9 Å². The Kier molecular flexibility index (Phi) is 7.02. The molecule has 2 N–H and O–H groups in total. The third kappa shape index (κ3) is 5.35. The molecular weight excluding hydrogens is 455 g/mol. The highest BCUT2D eigenvalue weighted by atomic mass is 35.5. The highest BCUT2D eigenvalue weighted by Crippen LogP contribution is 2.36. The molecule has 3 aromatic rings. The van der Waals surface area contributed by atoms with Crippen LogP contribution in [0.15, 0.2) is 60.8 Å². The first kappa shape index (κ1) is 23.9. The van der Waals surface area contributed by atoms with Gasteiger partial charge < -0.3 is 9.84 Å². The molecule has 170 valence electrons. The van der Waals surface area contributed by atoms with Gasteiger partial charge in [0.1, 0.15) is 17.7 Å². The molecule has 0 saturated carbocycles. The van der Waals surface area contributed by atoms with Gasteiger partial charge in [-0.2, -0.15) is 22.0 Å². The average Bonchev–Trinajstić information content (AvgIpc) is 2.76.